The van der Waals surface area contributed by atoms with E-state index in [1.54, 1.807) is 0 Å². The molecule has 0 heterocycles. The summed E-state index contributed by atoms with van der Waals surface area (Å²) in [7, 11) is 1.17. The predicted octanol–water partition coefficient (Wildman–Crippen LogP) is 1.48. The third-order valence-corrected chi connectivity index (χ3v) is 0.800. The molecule has 0 radical (unpaired) electrons. The molecule has 0 fully saturated rings. The molecule has 0 aliphatic rings. The predicted molar refractivity (Wildman–Crippen MR) is 41.3 cm³/mol. The lowest BCUT2D eigenvalue weighted by Gasteiger charge is -1.83. The van der Waals surface area contributed by atoms with Crippen LogP contribution in [0.4, 0.5) is 5.69 Å². The number of para-hydroxylation sites is 1. The third kappa shape index (κ3) is 3.68. The SMILES string of the molecule is Nc1ccccc1.O=[PH2+]. The highest BCUT2D eigenvalue weighted by atomic mass is 31.0. The van der Waals surface area contributed by atoms with Crippen LogP contribution in [0.15, 0.2) is 30.3 Å². The van der Waals surface area contributed by atoms with Crippen molar-refractivity contribution in [1.82, 2.24) is 0 Å². The first kappa shape index (κ1) is 8.12. The van der Waals surface area contributed by atoms with Gasteiger partial charge in [0.25, 0.3) is 0 Å². The van der Waals surface area contributed by atoms with Crippen LogP contribution in [0.25, 0.3) is 0 Å². The van der Waals surface area contributed by atoms with Crippen molar-refractivity contribution >= 4 is 14.8 Å². The van der Waals surface area contributed by atoms with Gasteiger partial charge < -0.3 is 5.73 Å². The van der Waals surface area contributed by atoms with Crippen molar-refractivity contribution in [2.75, 3.05) is 5.73 Å². The number of benzene rings is 1. The van der Waals surface area contributed by atoms with Crippen molar-refractivity contribution in [3.63, 3.8) is 0 Å². The molecule has 9 heavy (non-hydrogen) atoms. The molecular formula is C6H9NOP+. The molecule has 0 saturated carbocycles. The Hall–Kier alpha value is -0.880. The maximum atomic E-state index is 8.17. The smallest absolute Gasteiger partial charge is 0.310 e. The molecule has 0 bridgehead atoms. The molecule has 1 atom stereocenters. The summed E-state index contributed by atoms with van der Waals surface area (Å²) in [5.74, 6) is 0. The highest BCUT2D eigenvalue weighted by Gasteiger charge is 1.72. The maximum absolute atomic E-state index is 8.17. The van der Waals surface area contributed by atoms with Crippen molar-refractivity contribution in [3.8, 4) is 0 Å². The number of nitrogens with two attached hydrogens (primary N) is 1. The van der Waals surface area contributed by atoms with Gasteiger partial charge in [-0.1, -0.05) is 22.8 Å². The minimum Gasteiger partial charge on any atom is -0.399 e. The van der Waals surface area contributed by atoms with Crippen molar-refractivity contribution in [2.45, 2.75) is 0 Å². The Kier molecular flexibility index (Phi) is 4.75. The van der Waals surface area contributed by atoms with Crippen molar-refractivity contribution in [1.29, 1.82) is 0 Å². The van der Waals surface area contributed by atoms with Gasteiger partial charge in [-0.05, 0) is 12.1 Å². The lowest BCUT2D eigenvalue weighted by molar-refractivity contribution is 0.607. The topological polar surface area (TPSA) is 43.1 Å². The lowest BCUT2D eigenvalue weighted by Crippen LogP contribution is -1.79. The number of nitrogen functional groups attached to an aromatic ring is 1. The Morgan fingerprint density at radius 3 is 1.78 bits per heavy atom. The van der Waals surface area contributed by atoms with Crippen LogP contribution in [-0.2, 0) is 4.57 Å². The second-order valence-corrected chi connectivity index (χ2v) is 1.41. The number of hydrogen-bond donors (Lipinski definition) is 1. The van der Waals surface area contributed by atoms with E-state index in [9.17, 15) is 0 Å². The molecule has 1 aromatic carbocycles. The highest BCUT2D eigenvalue weighted by molar-refractivity contribution is 7.00. The molecule has 0 amide bonds. The van der Waals surface area contributed by atoms with E-state index in [2.05, 4.69) is 0 Å². The van der Waals surface area contributed by atoms with Crippen LogP contribution in [0.2, 0.25) is 0 Å². The van der Waals surface area contributed by atoms with Crippen LogP contribution < -0.4 is 5.73 Å². The fraction of sp³-hybridized carbons (Fsp3) is 0. The summed E-state index contributed by atoms with van der Waals surface area (Å²) in [5.41, 5.74) is 6.18. The van der Waals surface area contributed by atoms with Gasteiger partial charge in [0.15, 0.2) is 0 Å². The molecule has 3 heteroatoms. The minimum atomic E-state index is 0.822. The number of hydrogen-bond acceptors (Lipinski definition) is 2. The van der Waals surface area contributed by atoms with E-state index in [-0.39, 0.29) is 0 Å². The fourth-order valence-electron chi connectivity index (χ4n) is 0.453. The largest absolute Gasteiger partial charge is 0.399 e. The lowest BCUT2D eigenvalue weighted by atomic mass is 10.3. The third-order valence-electron chi connectivity index (χ3n) is 0.800. The van der Waals surface area contributed by atoms with E-state index in [0.717, 1.165) is 5.69 Å². The van der Waals surface area contributed by atoms with Crippen LogP contribution in [0, 0.1) is 0 Å². The van der Waals surface area contributed by atoms with Crippen LogP contribution in [0.1, 0.15) is 0 Å². The van der Waals surface area contributed by atoms with Gasteiger partial charge in [-0.3, -0.25) is 0 Å². The Balaban J connectivity index is 0.000000291. The first-order valence-corrected chi connectivity index (χ1v) is 2.91. The van der Waals surface area contributed by atoms with E-state index in [1.807, 2.05) is 30.3 Å². The Morgan fingerprint density at radius 1 is 1.11 bits per heavy atom. The number of rotatable bonds is 0. The van der Waals surface area contributed by atoms with E-state index in [0.29, 0.717) is 0 Å². The second-order valence-electron chi connectivity index (χ2n) is 1.41. The summed E-state index contributed by atoms with van der Waals surface area (Å²) in [6.07, 6.45) is 0. The van der Waals surface area contributed by atoms with Crippen LogP contribution in [0.5, 0.6) is 0 Å². The van der Waals surface area contributed by atoms with Gasteiger partial charge in [-0.25, -0.2) is 0 Å². The van der Waals surface area contributed by atoms with Gasteiger partial charge in [-0.15, -0.1) is 0 Å². The summed E-state index contributed by atoms with van der Waals surface area (Å²) in [5, 5.41) is 0. The molecule has 0 aliphatic heterocycles. The fourth-order valence-corrected chi connectivity index (χ4v) is 0.453. The first-order valence-electron chi connectivity index (χ1n) is 2.44. The zero-order valence-corrected chi connectivity index (χ0v) is 6.10. The average molecular weight is 142 g/mol. The zero-order chi connectivity index (χ0) is 7.11. The van der Waals surface area contributed by atoms with Gasteiger partial charge in [0.2, 0.25) is 0 Å². The average Bonchev–Trinajstić information content (AvgIpc) is 1.94. The summed E-state index contributed by atoms with van der Waals surface area (Å²) in [6, 6.07) is 9.49. The zero-order valence-electron chi connectivity index (χ0n) is 4.95. The van der Waals surface area contributed by atoms with E-state index < -0.39 is 0 Å². The number of anilines is 1. The normalized spacial score (nSPS) is 7.11. The van der Waals surface area contributed by atoms with Crippen molar-refractivity contribution < 1.29 is 4.57 Å². The summed E-state index contributed by atoms with van der Waals surface area (Å²) in [4.78, 5) is 0. The van der Waals surface area contributed by atoms with Gasteiger partial charge in [0.05, 0.1) is 0 Å². The van der Waals surface area contributed by atoms with Crippen molar-refractivity contribution in [3.05, 3.63) is 30.3 Å². The Bertz CT molecular complexity index is 154. The standard InChI is InChI=1S/C6H7N.H2OP/c7-6-4-2-1-3-5-6;1-2/h1-5H,7H2;2H2/q;+1. The molecule has 1 unspecified atom stereocenters. The van der Waals surface area contributed by atoms with E-state index in [4.69, 9.17) is 10.3 Å². The molecule has 1 rings (SSSR count). The quantitative estimate of drug-likeness (QED) is 0.440. The van der Waals surface area contributed by atoms with Gasteiger partial charge in [0, 0.05) is 5.69 Å². The minimum absolute atomic E-state index is 0.822. The molecule has 0 aromatic heterocycles. The Morgan fingerprint density at radius 2 is 1.56 bits per heavy atom. The second kappa shape index (κ2) is 5.26. The first-order chi connectivity index (χ1) is 4.39. The summed E-state index contributed by atoms with van der Waals surface area (Å²) >= 11 is 0. The van der Waals surface area contributed by atoms with Crippen LogP contribution in [0.3, 0.4) is 0 Å². The molecule has 0 aliphatic carbocycles. The maximum Gasteiger partial charge on any atom is 0.310 e. The highest BCUT2D eigenvalue weighted by Crippen LogP contribution is 1.95. The van der Waals surface area contributed by atoms with Gasteiger partial charge in [0.1, 0.15) is 0 Å². The van der Waals surface area contributed by atoms with Crippen molar-refractivity contribution in [2.24, 2.45) is 0 Å². The molecule has 0 saturated heterocycles. The summed E-state index contributed by atoms with van der Waals surface area (Å²) < 4.78 is 8.17. The van der Waals surface area contributed by atoms with Gasteiger partial charge >= 0.3 is 9.12 Å². The monoisotopic (exact) mass is 142 g/mol. The molecule has 2 nitrogen and oxygen atoms in total. The molecule has 0 spiro atoms. The Labute approximate surface area is 56.3 Å². The van der Waals surface area contributed by atoms with E-state index in [1.165, 1.54) is 9.12 Å². The van der Waals surface area contributed by atoms with Crippen LogP contribution >= 0.6 is 9.12 Å². The molecular weight excluding hydrogens is 133 g/mol. The summed E-state index contributed by atoms with van der Waals surface area (Å²) in [6.45, 7) is 0. The van der Waals surface area contributed by atoms with E-state index >= 15 is 0 Å². The molecule has 2 N–H and O–H groups in total. The molecule has 48 valence electrons. The van der Waals surface area contributed by atoms with Crippen LogP contribution in [-0.4, -0.2) is 0 Å². The molecule has 1 aromatic rings. The van der Waals surface area contributed by atoms with Gasteiger partial charge in [-0.2, -0.15) is 0 Å².